The molecule has 3 aromatic heterocycles. The van der Waals surface area contributed by atoms with E-state index in [-0.39, 0.29) is 11.7 Å². The molecule has 0 aliphatic heterocycles. The van der Waals surface area contributed by atoms with Crippen molar-refractivity contribution in [3.05, 3.63) is 83.1 Å². The molecule has 0 fully saturated rings. The van der Waals surface area contributed by atoms with Gasteiger partial charge in [-0.2, -0.15) is 0 Å². The van der Waals surface area contributed by atoms with Crippen LogP contribution in [-0.4, -0.2) is 25.8 Å². The van der Waals surface area contributed by atoms with Crippen molar-refractivity contribution < 1.29 is 4.79 Å². The average molecular weight is 394 g/mol. The van der Waals surface area contributed by atoms with E-state index in [2.05, 4.69) is 37.1 Å². The molecule has 146 valence electrons. The topological polar surface area (TPSA) is 107 Å². The van der Waals surface area contributed by atoms with Crippen LogP contribution >= 0.6 is 0 Å². The standard InChI is InChI=1S/C23H18N6O/c1-14-15(2)28-21-19(22(24)26-13-20(21)27-14)9-8-16-10-17(12-25-11-16)23(30)29-18-6-4-3-5-7-18/h3-7,10-13H,1-2H3,(H2,24,26)(H,29,30). The molecule has 4 aromatic rings. The zero-order valence-corrected chi connectivity index (χ0v) is 16.5. The molecule has 0 aliphatic carbocycles. The number of carbonyl (C=O) groups is 1. The molecule has 1 amide bonds. The zero-order valence-electron chi connectivity index (χ0n) is 16.5. The normalized spacial score (nSPS) is 10.3. The number of fused-ring (bicyclic) bond motifs is 1. The van der Waals surface area contributed by atoms with Crippen molar-refractivity contribution in [1.29, 1.82) is 0 Å². The van der Waals surface area contributed by atoms with Gasteiger partial charge in [-0.3, -0.25) is 9.78 Å². The van der Waals surface area contributed by atoms with E-state index in [0.29, 0.717) is 33.4 Å². The van der Waals surface area contributed by atoms with E-state index in [1.54, 1.807) is 18.5 Å². The Labute approximate surface area is 173 Å². The number of anilines is 2. The number of pyridine rings is 2. The molecule has 0 unspecified atom stereocenters. The Bertz CT molecular complexity index is 1320. The number of nitrogens with zero attached hydrogens (tertiary/aromatic N) is 4. The van der Waals surface area contributed by atoms with Crippen LogP contribution < -0.4 is 11.1 Å². The fourth-order valence-corrected chi connectivity index (χ4v) is 2.83. The molecule has 3 heterocycles. The van der Waals surface area contributed by atoms with E-state index >= 15 is 0 Å². The van der Waals surface area contributed by atoms with E-state index in [1.807, 2.05) is 44.2 Å². The lowest BCUT2D eigenvalue weighted by atomic mass is 10.1. The Hall–Kier alpha value is -4.31. The highest BCUT2D eigenvalue weighted by Crippen LogP contribution is 2.20. The molecular formula is C23H18N6O. The fraction of sp³-hybridized carbons (Fsp3) is 0.0870. The molecule has 0 saturated heterocycles. The van der Waals surface area contributed by atoms with Gasteiger partial charge in [0.25, 0.3) is 5.91 Å². The van der Waals surface area contributed by atoms with Crippen molar-refractivity contribution in [3.8, 4) is 11.8 Å². The van der Waals surface area contributed by atoms with Crippen LogP contribution in [0.1, 0.15) is 32.9 Å². The molecule has 4 rings (SSSR count). The average Bonchev–Trinajstić information content (AvgIpc) is 2.75. The molecule has 0 atom stereocenters. The zero-order chi connectivity index (χ0) is 21.1. The van der Waals surface area contributed by atoms with Crippen LogP contribution in [0.15, 0.2) is 55.0 Å². The van der Waals surface area contributed by atoms with Crippen LogP contribution in [0.25, 0.3) is 11.0 Å². The highest BCUT2D eigenvalue weighted by Gasteiger charge is 2.10. The van der Waals surface area contributed by atoms with Gasteiger partial charge in [-0.15, -0.1) is 0 Å². The summed E-state index contributed by atoms with van der Waals surface area (Å²) >= 11 is 0. The van der Waals surface area contributed by atoms with Crippen molar-refractivity contribution in [3.63, 3.8) is 0 Å². The SMILES string of the molecule is Cc1nc2cnc(N)c(C#Cc3cncc(C(=O)Nc4ccccc4)c3)c2nc1C. The molecule has 0 radical (unpaired) electrons. The van der Waals surface area contributed by atoms with Crippen LogP contribution in [0, 0.1) is 25.7 Å². The quantitative estimate of drug-likeness (QED) is 0.505. The Morgan fingerprint density at radius 2 is 1.77 bits per heavy atom. The summed E-state index contributed by atoms with van der Waals surface area (Å²) in [6, 6.07) is 10.9. The van der Waals surface area contributed by atoms with Crippen molar-refractivity contribution in [2.75, 3.05) is 11.1 Å². The maximum Gasteiger partial charge on any atom is 0.257 e. The third-order valence-corrected chi connectivity index (χ3v) is 4.52. The number of hydrogen-bond acceptors (Lipinski definition) is 6. The highest BCUT2D eigenvalue weighted by atomic mass is 16.1. The summed E-state index contributed by atoms with van der Waals surface area (Å²) in [6.07, 6.45) is 4.67. The minimum Gasteiger partial charge on any atom is -0.383 e. The Morgan fingerprint density at radius 3 is 2.57 bits per heavy atom. The lowest BCUT2D eigenvalue weighted by Crippen LogP contribution is -2.12. The summed E-state index contributed by atoms with van der Waals surface area (Å²) in [5, 5.41) is 2.83. The van der Waals surface area contributed by atoms with Crippen LogP contribution in [0.2, 0.25) is 0 Å². The number of benzene rings is 1. The van der Waals surface area contributed by atoms with Crippen molar-refractivity contribution >= 4 is 28.4 Å². The van der Waals surface area contributed by atoms with Gasteiger partial charge in [0, 0.05) is 23.6 Å². The van der Waals surface area contributed by atoms with Crippen molar-refractivity contribution in [2.45, 2.75) is 13.8 Å². The first-order valence-electron chi connectivity index (χ1n) is 9.24. The number of rotatable bonds is 2. The lowest BCUT2D eigenvalue weighted by molar-refractivity contribution is 0.102. The summed E-state index contributed by atoms with van der Waals surface area (Å²) in [4.78, 5) is 29.9. The first kappa shape index (κ1) is 19.0. The fourth-order valence-electron chi connectivity index (χ4n) is 2.83. The minimum atomic E-state index is -0.263. The number of para-hydroxylation sites is 1. The maximum atomic E-state index is 12.5. The third-order valence-electron chi connectivity index (χ3n) is 4.52. The van der Waals surface area contributed by atoms with Gasteiger partial charge in [0.2, 0.25) is 0 Å². The van der Waals surface area contributed by atoms with E-state index in [0.717, 1.165) is 11.4 Å². The Balaban J connectivity index is 1.67. The molecule has 3 N–H and O–H groups in total. The number of amides is 1. The molecule has 1 aromatic carbocycles. The van der Waals surface area contributed by atoms with Gasteiger partial charge >= 0.3 is 0 Å². The minimum absolute atomic E-state index is 0.263. The van der Waals surface area contributed by atoms with Crippen LogP contribution in [-0.2, 0) is 0 Å². The number of aryl methyl sites for hydroxylation is 2. The van der Waals surface area contributed by atoms with E-state index in [4.69, 9.17) is 5.73 Å². The molecule has 7 heteroatoms. The second-order valence-electron chi connectivity index (χ2n) is 6.68. The monoisotopic (exact) mass is 394 g/mol. The first-order valence-corrected chi connectivity index (χ1v) is 9.24. The number of nitrogens with two attached hydrogens (primary N) is 1. The number of nitrogens with one attached hydrogen (secondary N) is 1. The molecule has 0 bridgehead atoms. The Kier molecular flexibility index (Phi) is 5.06. The number of nitrogen functional groups attached to an aromatic ring is 1. The molecule has 0 aliphatic rings. The predicted molar refractivity (Wildman–Crippen MR) is 116 cm³/mol. The van der Waals surface area contributed by atoms with Crippen LogP contribution in [0.4, 0.5) is 11.5 Å². The second kappa shape index (κ2) is 7.97. The predicted octanol–water partition coefficient (Wildman–Crippen LogP) is 3.27. The highest BCUT2D eigenvalue weighted by molar-refractivity contribution is 6.04. The summed E-state index contributed by atoms with van der Waals surface area (Å²) < 4.78 is 0. The molecular weight excluding hydrogens is 376 g/mol. The van der Waals surface area contributed by atoms with Gasteiger partial charge in [0.1, 0.15) is 16.9 Å². The van der Waals surface area contributed by atoms with Gasteiger partial charge in [0.15, 0.2) is 0 Å². The Morgan fingerprint density at radius 1 is 1.00 bits per heavy atom. The summed E-state index contributed by atoms with van der Waals surface area (Å²) in [5.74, 6) is 6.04. The van der Waals surface area contributed by atoms with Gasteiger partial charge in [-0.1, -0.05) is 30.0 Å². The third kappa shape index (κ3) is 3.93. The number of hydrogen-bond donors (Lipinski definition) is 2. The second-order valence-corrected chi connectivity index (χ2v) is 6.68. The summed E-state index contributed by atoms with van der Waals surface area (Å²) in [6.45, 7) is 3.77. The smallest absolute Gasteiger partial charge is 0.257 e. The van der Waals surface area contributed by atoms with Crippen molar-refractivity contribution in [2.24, 2.45) is 0 Å². The van der Waals surface area contributed by atoms with Gasteiger partial charge in [0.05, 0.1) is 28.7 Å². The van der Waals surface area contributed by atoms with E-state index in [1.165, 1.54) is 6.20 Å². The molecule has 0 spiro atoms. The number of carbonyl (C=O) groups excluding carboxylic acids is 1. The van der Waals surface area contributed by atoms with Gasteiger partial charge in [-0.25, -0.2) is 15.0 Å². The summed E-state index contributed by atoms with van der Waals surface area (Å²) in [7, 11) is 0. The van der Waals surface area contributed by atoms with E-state index in [9.17, 15) is 4.79 Å². The van der Waals surface area contributed by atoms with Crippen LogP contribution in [0.3, 0.4) is 0 Å². The van der Waals surface area contributed by atoms with Crippen LogP contribution in [0.5, 0.6) is 0 Å². The van der Waals surface area contributed by atoms with E-state index < -0.39 is 0 Å². The molecule has 7 nitrogen and oxygen atoms in total. The molecule has 30 heavy (non-hydrogen) atoms. The maximum absolute atomic E-state index is 12.5. The lowest BCUT2D eigenvalue weighted by Gasteiger charge is -2.06. The molecule has 0 saturated carbocycles. The van der Waals surface area contributed by atoms with Crippen molar-refractivity contribution in [1.82, 2.24) is 19.9 Å². The largest absolute Gasteiger partial charge is 0.383 e. The van der Waals surface area contributed by atoms with Gasteiger partial charge in [-0.05, 0) is 32.0 Å². The van der Waals surface area contributed by atoms with Gasteiger partial charge < -0.3 is 11.1 Å². The number of aromatic nitrogens is 4. The summed E-state index contributed by atoms with van der Waals surface area (Å²) in [5.41, 5.74) is 11.1. The first-order chi connectivity index (χ1) is 14.5.